The molecule has 2 amide bonds. The molecule has 0 bridgehead atoms. The number of halogens is 1. The third-order valence-corrected chi connectivity index (χ3v) is 8.09. The predicted molar refractivity (Wildman–Crippen MR) is 170 cm³/mol. The predicted octanol–water partition coefficient (Wildman–Crippen LogP) is 6.58. The average Bonchev–Trinajstić information content (AvgIpc) is 3.68. The van der Waals surface area contributed by atoms with Gasteiger partial charge in [-0.05, 0) is 44.0 Å². The first-order valence-corrected chi connectivity index (χ1v) is 15.3. The highest BCUT2D eigenvalue weighted by Gasteiger charge is 2.27. The largest absolute Gasteiger partial charge is 0.444 e. The Bertz CT molecular complexity index is 1760. The number of anilines is 2. The van der Waals surface area contributed by atoms with Crippen LogP contribution in [0.3, 0.4) is 0 Å². The summed E-state index contributed by atoms with van der Waals surface area (Å²) in [5.41, 5.74) is 2.52. The van der Waals surface area contributed by atoms with E-state index in [1.165, 1.54) is 16.0 Å². The van der Waals surface area contributed by atoms with Gasteiger partial charge in [-0.25, -0.2) is 14.2 Å². The molecule has 0 saturated carbocycles. The minimum Gasteiger partial charge on any atom is -0.444 e. The van der Waals surface area contributed by atoms with Crippen molar-refractivity contribution in [1.82, 2.24) is 19.7 Å². The normalized spacial score (nSPS) is 14.5. The van der Waals surface area contributed by atoms with Crippen LogP contribution in [0.15, 0.2) is 84.5 Å². The fraction of sp³-hybridized carbons (Fsp3) is 0.273. The van der Waals surface area contributed by atoms with E-state index >= 15 is 4.39 Å². The van der Waals surface area contributed by atoms with E-state index in [-0.39, 0.29) is 17.5 Å². The van der Waals surface area contributed by atoms with Gasteiger partial charge in [0.15, 0.2) is 17.0 Å². The Hall–Kier alpha value is -4.77. The zero-order valence-corrected chi connectivity index (χ0v) is 25.6. The van der Waals surface area contributed by atoms with Gasteiger partial charge >= 0.3 is 6.09 Å². The number of nitrogens with zero attached hydrogens (tertiary/aromatic N) is 5. The summed E-state index contributed by atoms with van der Waals surface area (Å²) in [5.74, 6) is -0.769. The van der Waals surface area contributed by atoms with Crippen molar-refractivity contribution in [2.24, 2.45) is 0 Å². The molecule has 1 aliphatic heterocycles. The Morgan fingerprint density at radius 3 is 2.36 bits per heavy atom. The van der Waals surface area contributed by atoms with E-state index in [1.54, 1.807) is 28.7 Å². The summed E-state index contributed by atoms with van der Waals surface area (Å²) in [6.07, 6.45) is 3.02. The van der Waals surface area contributed by atoms with Crippen molar-refractivity contribution >= 4 is 45.1 Å². The van der Waals surface area contributed by atoms with Crippen molar-refractivity contribution in [1.29, 1.82) is 0 Å². The highest BCUT2D eigenvalue weighted by molar-refractivity contribution is 7.13. The Morgan fingerprint density at radius 2 is 1.70 bits per heavy atom. The Kier molecular flexibility index (Phi) is 8.05. The molecule has 0 aliphatic carbocycles. The van der Waals surface area contributed by atoms with Crippen molar-refractivity contribution in [3.63, 3.8) is 0 Å². The molecule has 3 aromatic carbocycles. The van der Waals surface area contributed by atoms with E-state index in [1.807, 2.05) is 81.4 Å². The van der Waals surface area contributed by atoms with E-state index in [2.05, 4.69) is 20.3 Å². The number of aromatic nitrogens is 3. The molecule has 0 spiro atoms. The molecule has 1 unspecified atom stereocenters. The van der Waals surface area contributed by atoms with Crippen LogP contribution in [0.2, 0.25) is 0 Å². The fourth-order valence-electron chi connectivity index (χ4n) is 5.27. The summed E-state index contributed by atoms with van der Waals surface area (Å²) >= 11 is 1.32. The van der Waals surface area contributed by atoms with Crippen LogP contribution < -0.4 is 10.2 Å². The quantitative estimate of drug-likeness (QED) is 0.233. The van der Waals surface area contributed by atoms with Gasteiger partial charge in [-0.15, -0.1) is 11.3 Å². The Labute approximate surface area is 258 Å². The van der Waals surface area contributed by atoms with Crippen molar-refractivity contribution in [2.45, 2.75) is 32.4 Å². The molecular formula is C33H33FN6O3S. The first-order chi connectivity index (χ1) is 21.2. The van der Waals surface area contributed by atoms with Crippen molar-refractivity contribution in [2.75, 3.05) is 36.4 Å². The molecule has 11 heteroatoms. The van der Waals surface area contributed by atoms with E-state index in [4.69, 9.17) is 4.74 Å². The topological polar surface area (TPSA) is 92.6 Å². The van der Waals surface area contributed by atoms with Crippen LogP contribution in [0.25, 0.3) is 22.0 Å². The first kappa shape index (κ1) is 29.3. The molecule has 5 aromatic rings. The number of hydrogen-bond donors (Lipinski definition) is 1. The van der Waals surface area contributed by atoms with Crippen LogP contribution in [-0.2, 0) is 9.53 Å². The lowest BCUT2D eigenvalue weighted by Gasteiger charge is -2.36. The highest BCUT2D eigenvalue weighted by Crippen LogP contribution is 2.32. The molecule has 0 radical (unpaired) electrons. The van der Waals surface area contributed by atoms with Gasteiger partial charge in [0.2, 0.25) is 0 Å². The minimum absolute atomic E-state index is 0.188. The fourth-order valence-corrected chi connectivity index (χ4v) is 5.80. The first-order valence-electron chi connectivity index (χ1n) is 14.4. The smallest absolute Gasteiger partial charge is 0.410 e. The monoisotopic (exact) mass is 612 g/mol. The lowest BCUT2D eigenvalue weighted by Crippen LogP contribution is -2.50. The average molecular weight is 613 g/mol. The number of amides is 2. The van der Waals surface area contributed by atoms with Crippen molar-refractivity contribution in [3.05, 3.63) is 95.9 Å². The van der Waals surface area contributed by atoms with Crippen LogP contribution in [0.5, 0.6) is 0 Å². The van der Waals surface area contributed by atoms with Gasteiger partial charge in [-0.1, -0.05) is 54.6 Å². The van der Waals surface area contributed by atoms with Crippen LogP contribution in [0.4, 0.5) is 20.0 Å². The number of rotatable bonds is 6. The zero-order chi connectivity index (χ0) is 30.8. The molecule has 6 rings (SSSR count). The lowest BCUT2D eigenvalue weighted by molar-refractivity contribution is -0.118. The summed E-state index contributed by atoms with van der Waals surface area (Å²) in [4.78, 5) is 33.9. The van der Waals surface area contributed by atoms with Crippen LogP contribution in [0, 0.1) is 5.82 Å². The van der Waals surface area contributed by atoms with Gasteiger partial charge in [0.1, 0.15) is 11.1 Å². The number of carbonyl (C=O) groups excluding carboxylic acids is 2. The van der Waals surface area contributed by atoms with Crippen molar-refractivity contribution in [3.8, 4) is 11.1 Å². The second kappa shape index (κ2) is 12.1. The van der Waals surface area contributed by atoms with Gasteiger partial charge in [-0.3, -0.25) is 14.8 Å². The number of nitrogens with one attached hydrogen (secondary N) is 1. The molecule has 1 atom stereocenters. The second-order valence-electron chi connectivity index (χ2n) is 11.6. The maximum Gasteiger partial charge on any atom is 0.410 e. The molecule has 226 valence electrons. The number of thiazole rings is 1. The van der Waals surface area contributed by atoms with Gasteiger partial charge in [-0.2, -0.15) is 5.10 Å². The number of carbonyl (C=O) groups is 2. The number of fused-ring (bicyclic) bond motifs is 1. The third kappa shape index (κ3) is 6.28. The molecule has 1 aliphatic rings. The maximum absolute atomic E-state index is 16.0. The van der Waals surface area contributed by atoms with E-state index < -0.39 is 17.5 Å². The number of hydrogen-bond acceptors (Lipinski definition) is 7. The van der Waals surface area contributed by atoms with Gasteiger partial charge in [0.05, 0.1) is 0 Å². The molecule has 1 saturated heterocycles. The Morgan fingerprint density at radius 1 is 0.977 bits per heavy atom. The van der Waals surface area contributed by atoms with Crippen molar-refractivity contribution < 1.29 is 18.7 Å². The maximum atomic E-state index is 16.0. The van der Waals surface area contributed by atoms with Gasteiger partial charge in [0, 0.05) is 60.6 Å². The summed E-state index contributed by atoms with van der Waals surface area (Å²) < 4.78 is 23.0. The molecule has 2 aromatic heterocycles. The third-order valence-electron chi connectivity index (χ3n) is 7.40. The Balaban J connectivity index is 1.21. The van der Waals surface area contributed by atoms with E-state index in [0.29, 0.717) is 42.3 Å². The second-order valence-corrected chi connectivity index (χ2v) is 12.5. The SMILES string of the molecule is CC(C)(C)OC(=O)N1CCN(c2ccc(-c3ccc4cn(C(C(=O)Nc5nccs5)c5ccccc5)nc4c3F)cc2)CC1. The summed E-state index contributed by atoms with van der Waals surface area (Å²) in [5, 5.41) is 10.3. The standard InChI is InChI=1S/C33H33FN6O3S/c1-33(2,3)43-32(42)39-18-16-38(17-19-39)25-12-9-22(10-13-25)26-14-11-24-21-40(37-28(24)27(26)34)29(23-7-5-4-6-8-23)30(41)36-31-35-15-20-44-31/h4-15,20-21,29H,16-19H2,1-3H3,(H,35,36,41). The molecular weight excluding hydrogens is 579 g/mol. The highest BCUT2D eigenvalue weighted by atomic mass is 32.1. The summed E-state index contributed by atoms with van der Waals surface area (Å²) in [7, 11) is 0. The van der Waals surface area contributed by atoms with E-state index in [0.717, 1.165) is 16.8 Å². The molecule has 3 heterocycles. The molecule has 44 heavy (non-hydrogen) atoms. The van der Waals surface area contributed by atoms with Crippen LogP contribution in [-0.4, -0.2) is 63.4 Å². The summed E-state index contributed by atoms with van der Waals surface area (Å²) in [6, 6.07) is 19.7. The van der Waals surface area contributed by atoms with Crippen LogP contribution in [0.1, 0.15) is 32.4 Å². The van der Waals surface area contributed by atoms with E-state index in [9.17, 15) is 9.59 Å². The summed E-state index contributed by atoms with van der Waals surface area (Å²) in [6.45, 7) is 8.07. The lowest BCUT2D eigenvalue weighted by atomic mass is 10.0. The minimum atomic E-state index is -0.814. The van der Waals surface area contributed by atoms with Gasteiger partial charge < -0.3 is 14.5 Å². The number of ether oxygens (including phenoxy) is 1. The van der Waals surface area contributed by atoms with Crippen LogP contribution >= 0.6 is 11.3 Å². The number of benzene rings is 3. The molecule has 9 nitrogen and oxygen atoms in total. The zero-order valence-electron chi connectivity index (χ0n) is 24.7. The molecule has 1 N–H and O–H groups in total. The molecule has 1 fully saturated rings. The number of piperazine rings is 1. The van der Waals surface area contributed by atoms with Gasteiger partial charge in [0.25, 0.3) is 5.91 Å².